The molecule has 0 aromatic heterocycles. The van der Waals surface area contributed by atoms with E-state index in [1.54, 1.807) is 32.9 Å². The van der Waals surface area contributed by atoms with Gasteiger partial charge in [0.1, 0.15) is 5.60 Å². The summed E-state index contributed by atoms with van der Waals surface area (Å²) in [5.41, 5.74) is 0.0242. The molecule has 1 aromatic carbocycles. The van der Waals surface area contributed by atoms with Gasteiger partial charge in [-0.1, -0.05) is 0 Å². The van der Waals surface area contributed by atoms with Crippen LogP contribution < -0.4 is 4.90 Å². The van der Waals surface area contributed by atoms with E-state index in [0.717, 1.165) is 0 Å². The molecule has 1 aliphatic rings. The first-order valence-electron chi connectivity index (χ1n) is 8.27. The normalized spacial score (nSPS) is 17.7. The van der Waals surface area contributed by atoms with E-state index in [4.69, 9.17) is 4.74 Å². The maximum Gasteiger partial charge on any atom is 0.410 e. The Kier molecular flexibility index (Phi) is 5.69. The molecular formula is C17H23N3O6. The van der Waals surface area contributed by atoms with Gasteiger partial charge in [0.25, 0.3) is 5.69 Å². The van der Waals surface area contributed by atoms with E-state index >= 15 is 0 Å². The summed E-state index contributed by atoms with van der Waals surface area (Å²) in [7, 11) is 0. The van der Waals surface area contributed by atoms with Crippen molar-refractivity contribution in [2.24, 2.45) is 0 Å². The zero-order valence-corrected chi connectivity index (χ0v) is 15.0. The summed E-state index contributed by atoms with van der Waals surface area (Å²) < 4.78 is 5.36. The highest BCUT2D eigenvalue weighted by molar-refractivity contribution is 5.71. The number of amides is 1. The largest absolute Gasteiger partial charge is 0.481 e. The lowest BCUT2D eigenvalue weighted by molar-refractivity contribution is -0.384. The highest BCUT2D eigenvalue weighted by Gasteiger charge is 2.33. The Bertz CT molecular complexity index is 683. The van der Waals surface area contributed by atoms with E-state index in [9.17, 15) is 24.8 Å². The Hall–Kier alpha value is -2.84. The molecule has 1 N–H and O–H groups in total. The summed E-state index contributed by atoms with van der Waals surface area (Å²) in [6, 6.07) is 5.50. The molecule has 1 amide bonds. The molecule has 26 heavy (non-hydrogen) atoms. The number of carboxylic acids is 1. The third-order valence-electron chi connectivity index (χ3n) is 3.94. The second-order valence-electron chi connectivity index (χ2n) is 7.14. The predicted octanol–water partition coefficient (Wildman–Crippen LogP) is 2.50. The van der Waals surface area contributed by atoms with Crippen LogP contribution in [-0.2, 0) is 9.53 Å². The lowest BCUT2D eigenvalue weighted by Crippen LogP contribution is -2.56. The molecule has 1 heterocycles. The van der Waals surface area contributed by atoms with Crippen LogP contribution in [0.2, 0.25) is 0 Å². The van der Waals surface area contributed by atoms with E-state index in [2.05, 4.69) is 0 Å². The zero-order chi connectivity index (χ0) is 19.5. The fourth-order valence-electron chi connectivity index (χ4n) is 2.83. The Morgan fingerprint density at radius 3 is 2.38 bits per heavy atom. The van der Waals surface area contributed by atoms with E-state index in [1.165, 1.54) is 17.0 Å². The molecule has 1 aromatic rings. The van der Waals surface area contributed by atoms with Crippen LogP contribution in [0.4, 0.5) is 16.2 Å². The SMILES string of the molecule is CC(C)(C)OC(=O)N1CCN(c2ccc([N+](=O)[O-])cc2)C(CC(=O)O)C1. The van der Waals surface area contributed by atoms with Crippen LogP contribution in [-0.4, -0.2) is 58.3 Å². The van der Waals surface area contributed by atoms with Crippen LogP contribution in [0.15, 0.2) is 24.3 Å². The van der Waals surface area contributed by atoms with Gasteiger partial charge in [0.05, 0.1) is 17.4 Å². The van der Waals surface area contributed by atoms with Gasteiger partial charge >= 0.3 is 12.1 Å². The Morgan fingerprint density at radius 2 is 1.88 bits per heavy atom. The van der Waals surface area contributed by atoms with Crippen molar-refractivity contribution in [2.75, 3.05) is 24.5 Å². The first-order chi connectivity index (χ1) is 12.1. The lowest BCUT2D eigenvalue weighted by atomic mass is 10.1. The molecule has 9 heteroatoms. The molecule has 0 radical (unpaired) electrons. The Labute approximate surface area is 151 Å². The number of anilines is 1. The van der Waals surface area contributed by atoms with Gasteiger partial charge in [-0.3, -0.25) is 14.9 Å². The summed E-state index contributed by atoms with van der Waals surface area (Å²) in [6.07, 6.45) is -0.632. The average molecular weight is 365 g/mol. The van der Waals surface area contributed by atoms with Crippen LogP contribution in [0.25, 0.3) is 0 Å². The van der Waals surface area contributed by atoms with Gasteiger partial charge in [0.2, 0.25) is 0 Å². The van der Waals surface area contributed by atoms with Gasteiger partial charge in [0.15, 0.2) is 0 Å². The molecule has 9 nitrogen and oxygen atoms in total. The van der Waals surface area contributed by atoms with Crippen molar-refractivity contribution in [3.05, 3.63) is 34.4 Å². The van der Waals surface area contributed by atoms with E-state index in [0.29, 0.717) is 18.8 Å². The van der Waals surface area contributed by atoms with Crippen LogP contribution >= 0.6 is 0 Å². The van der Waals surface area contributed by atoms with Gasteiger partial charge in [0, 0.05) is 37.5 Å². The van der Waals surface area contributed by atoms with E-state index < -0.39 is 28.6 Å². The van der Waals surface area contributed by atoms with E-state index in [1.807, 2.05) is 4.90 Å². The highest BCUT2D eigenvalue weighted by atomic mass is 16.6. The number of hydrogen-bond acceptors (Lipinski definition) is 6. The number of carbonyl (C=O) groups is 2. The number of nitro groups is 1. The molecule has 1 fully saturated rings. The third kappa shape index (κ3) is 5.08. The number of carbonyl (C=O) groups excluding carboxylic acids is 1. The van der Waals surface area contributed by atoms with Crippen LogP contribution in [0.3, 0.4) is 0 Å². The molecule has 1 saturated heterocycles. The topological polar surface area (TPSA) is 113 Å². The second-order valence-corrected chi connectivity index (χ2v) is 7.14. The summed E-state index contributed by atoms with van der Waals surface area (Å²) in [5, 5.41) is 20.0. The number of nitrogens with zero attached hydrogens (tertiary/aromatic N) is 3. The van der Waals surface area contributed by atoms with Gasteiger partial charge in [-0.05, 0) is 32.9 Å². The van der Waals surface area contributed by atoms with Crippen molar-refractivity contribution in [3.63, 3.8) is 0 Å². The lowest BCUT2D eigenvalue weighted by Gasteiger charge is -2.42. The standard InChI is InChI=1S/C17H23N3O6/c1-17(2,3)26-16(23)18-8-9-19(14(11-18)10-15(21)22)12-4-6-13(7-5-12)20(24)25/h4-7,14H,8-11H2,1-3H3,(H,21,22). The van der Waals surface area contributed by atoms with Gasteiger partial charge in [-0.25, -0.2) is 4.79 Å². The van der Waals surface area contributed by atoms with Gasteiger partial charge in [-0.2, -0.15) is 0 Å². The van der Waals surface area contributed by atoms with E-state index in [-0.39, 0.29) is 18.7 Å². The van der Waals surface area contributed by atoms with Crippen molar-refractivity contribution >= 4 is 23.4 Å². The summed E-state index contributed by atoms with van der Waals surface area (Å²) in [4.78, 5) is 37.2. The smallest absolute Gasteiger partial charge is 0.410 e. The number of carboxylic acid groups (broad SMARTS) is 1. The fraction of sp³-hybridized carbons (Fsp3) is 0.529. The molecule has 142 valence electrons. The van der Waals surface area contributed by atoms with Crippen LogP contribution in [0, 0.1) is 10.1 Å². The number of hydrogen-bond donors (Lipinski definition) is 1. The van der Waals surface area contributed by atoms with Gasteiger partial charge in [-0.15, -0.1) is 0 Å². The van der Waals surface area contributed by atoms with Crippen molar-refractivity contribution in [2.45, 2.75) is 38.8 Å². The zero-order valence-electron chi connectivity index (χ0n) is 15.0. The molecular weight excluding hydrogens is 342 g/mol. The molecule has 0 bridgehead atoms. The number of rotatable bonds is 4. The first kappa shape index (κ1) is 19.5. The molecule has 0 aliphatic carbocycles. The summed E-state index contributed by atoms with van der Waals surface area (Å²) in [5.74, 6) is -0.979. The molecule has 2 rings (SSSR count). The average Bonchev–Trinajstić information content (AvgIpc) is 2.52. The minimum Gasteiger partial charge on any atom is -0.481 e. The Morgan fingerprint density at radius 1 is 1.27 bits per heavy atom. The fourth-order valence-corrected chi connectivity index (χ4v) is 2.83. The number of ether oxygens (including phenoxy) is 1. The molecule has 1 unspecified atom stereocenters. The molecule has 0 saturated carbocycles. The number of non-ortho nitro benzene ring substituents is 1. The maximum atomic E-state index is 12.3. The number of piperazine rings is 1. The third-order valence-corrected chi connectivity index (χ3v) is 3.94. The monoisotopic (exact) mass is 365 g/mol. The molecule has 0 spiro atoms. The number of benzene rings is 1. The minimum absolute atomic E-state index is 0.0316. The van der Waals surface area contributed by atoms with Crippen LogP contribution in [0.5, 0.6) is 0 Å². The van der Waals surface area contributed by atoms with Crippen molar-refractivity contribution in [1.82, 2.24) is 4.90 Å². The quantitative estimate of drug-likeness (QED) is 0.644. The maximum absolute atomic E-state index is 12.3. The molecule has 1 aliphatic heterocycles. The second kappa shape index (κ2) is 7.59. The van der Waals surface area contributed by atoms with Crippen molar-refractivity contribution < 1.29 is 24.4 Å². The predicted molar refractivity (Wildman–Crippen MR) is 94.3 cm³/mol. The molecule has 1 atom stereocenters. The summed E-state index contributed by atoms with van der Waals surface area (Å²) in [6.45, 7) is 6.31. The van der Waals surface area contributed by atoms with Crippen molar-refractivity contribution in [1.29, 1.82) is 0 Å². The number of aliphatic carboxylic acids is 1. The Balaban J connectivity index is 2.16. The number of nitro benzene ring substituents is 1. The van der Waals surface area contributed by atoms with Crippen molar-refractivity contribution in [3.8, 4) is 0 Å². The van der Waals surface area contributed by atoms with Crippen LogP contribution in [0.1, 0.15) is 27.2 Å². The first-order valence-corrected chi connectivity index (χ1v) is 8.27. The minimum atomic E-state index is -0.979. The van der Waals surface area contributed by atoms with Gasteiger partial charge < -0.3 is 19.6 Å². The highest BCUT2D eigenvalue weighted by Crippen LogP contribution is 2.25. The summed E-state index contributed by atoms with van der Waals surface area (Å²) >= 11 is 0.